The largest absolute Gasteiger partial charge is 0.497 e. The highest BCUT2D eigenvalue weighted by molar-refractivity contribution is 5.35. The molecule has 0 heterocycles. The molecule has 0 aliphatic heterocycles. The molecular weight excluding hydrogens is 234 g/mol. The van der Waals surface area contributed by atoms with Crippen molar-refractivity contribution in [1.82, 2.24) is 0 Å². The molecule has 2 nitrogen and oxygen atoms in total. The average molecular weight is 255 g/mol. The Morgan fingerprint density at radius 1 is 1.05 bits per heavy atom. The molecule has 2 aromatic rings. The Hall–Kier alpha value is -1.80. The topological polar surface area (TPSA) is 35.2 Å². The molecule has 1 atom stereocenters. The zero-order chi connectivity index (χ0) is 13.7. The molecule has 2 N–H and O–H groups in total. The molecule has 0 radical (unpaired) electrons. The van der Waals surface area contributed by atoms with Gasteiger partial charge >= 0.3 is 0 Å². The Balaban J connectivity index is 2.30. The molecule has 2 rings (SSSR count). The van der Waals surface area contributed by atoms with E-state index in [0.29, 0.717) is 0 Å². The number of benzene rings is 2. The first kappa shape index (κ1) is 13.6. The van der Waals surface area contributed by atoms with Gasteiger partial charge in [-0.25, -0.2) is 0 Å². The van der Waals surface area contributed by atoms with E-state index in [1.807, 2.05) is 24.3 Å². The first-order valence-corrected chi connectivity index (χ1v) is 6.65. The molecule has 0 aromatic heterocycles. The maximum Gasteiger partial charge on any atom is 0.119 e. The number of hydrogen-bond acceptors (Lipinski definition) is 2. The average Bonchev–Trinajstić information content (AvgIpc) is 2.48. The van der Waals surface area contributed by atoms with E-state index in [9.17, 15) is 0 Å². The smallest absolute Gasteiger partial charge is 0.119 e. The number of nitrogens with two attached hydrogens (primary N) is 1. The van der Waals surface area contributed by atoms with E-state index in [1.54, 1.807) is 7.11 Å². The molecule has 0 saturated carbocycles. The first-order chi connectivity index (χ1) is 9.18. The second-order valence-corrected chi connectivity index (χ2v) is 4.90. The van der Waals surface area contributed by atoms with Crippen LogP contribution in [-0.2, 0) is 12.0 Å². The highest BCUT2D eigenvalue weighted by Gasteiger charge is 2.25. The second-order valence-electron chi connectivity index (χ2n) is 4.90. The lowest BCUT2D eigenvalue weighted by Crippen LogP contribution is -2.38. The van der Waals surface area contributed by atoms with E-state index in [-0.39, 0.29) is 5.54 Å². The fourth-order valence-electron chi connectivity index (χ4n) is 2.32. The Morgan fingerprint density at radius 3 is 2.42 bits per heavy atom. The highest BCUT2D eigenvalue weighted by Crippen LogP contribution is 2.29. The van der Waals surface area contributed by atoms with Crippen molar-refractivity contribution in [3.63, 3.8) is 0 Å². The monoisotopic (exact) mass is 255 g/mol. The minimum absolute atomic E-state index is 0.351. The zero-order valence-electron chi connectivity index (χ0n) is 11.6. The summed E-state index contributed by atoms with van der Waals surface area (Å²) in [7, 11) is 1.68. The van der Waals surface area contributed by atoms with Gasteiger partial charge in [-0.2, -0.15) is 0 Å². The van der Waals surface area contributed by atoms with Crippen molar-refractivity contribution < 1.29 is 4.74 Å². The summed E-state index contributed by atoms with van der Waals surface area (Å²) in [5.41, 5.74) is 8.65. The maximum absolute atomic E-state index is 6.62. The standard InChI is InChI=1S/C17H21NO/c1-3-17(18,13-14-8-5-4-6-9-14)15-10-7-11-16(12-15)19-2/h4-12H,3,13,18H2,1-2H3. The van der Waals surface area contributed by atoms with Crippen molar-refractivity contribution in [2.75, 3.05) is 7.11 Å². The Labute approximate surface area is 115 Å². The van der Waals surface area contributed by atoms with Gasteiger partial charge in [-0.3, -0.25) is 0 Å². The minimum Gasteiger partial charge on any atom is -0.497 e. The predicted molar refractivity (Wildman–Crippen MR) is 79.3 cm³/mol. The van der Waals surface area contributed by atoms with E-state index >= 15 is 0 Å². The van der Waals surface area contributed by atoms with Crippen LogP contribution in [0.3, 0.4) is 0 Å². The van der Waals surface area contributed by atoms with Crippen LogP contribution < -0.4 is 10.5 Å². The third-order valence-electron chi connectivity index (χ3n) is 3.64. The van der Waals surface area contributed by atoms with Crippen LogP contribution in [0.15, 0.2) is 54.6 Å². The Kier molecular flexibility index (Phi) is 4.23. The molecule has 2 aromatic carbocycles. The molecule has 19 heavy (non-hydrogen) atoms. The molecule has 2 heteroatoms. The molecule has 0 aliphatic rings. The number of ether oxygens (including phenoxy) is 1. The number of rotatable bonds is 5. The molecule has 1 unspecified atom stereocenters. The lowest BCUT2D eigenvalue weighted by atomic mass is 9.82. The van der Waals surface area contributed by atoms with Gasteiger partial charge in [0.1, 0.15) is 5.75 Å². The van der Waals surface area contributed by atoms with Crippen molar-refractivity contribution in [1.29, 1.82) is 0 Å². The molecule has 0 saturated heterocycles. The van der Waals surface area contributed by atoms with Crippen molar-refractivity contribution in [2.45, 2.75) is 25.3 Å². The van der Waals surface area contributed by atoms with Gasteiger partial charge in [0.05, 0.1) is 7.11 Å². The Morgan fingerprint density at radius 2 is 1.79 bits per heavy atom. The summed E-state index contributed by atoms with van der Waals surface area (Å²) in [4.78, 5) is 0. The summed E-state index contributed by atoms with van der Waals surface area (Å²) in [6.45, 7) is 2.13. The molecule has 0 spiro atoms. The highest BCUT2D eigenvalue weighted by atomic mass is 16.5. The van der Waals surface area contributed by atoms with Gasteiger partial charge in [-0.15, -0.1) is 0 Å². The van der Waals surface area contributed by atoms with Gasteiger partial charge in [-0.1, -0.05) is 49.4 Å². The fraction of sp³-hybridized carbons (Fsp3) is 0.294. The minimum atomic E-state index is -0.351. The summed E-state index contributed by atoms with van der Waals surface area (Å²) >= 11 is 0. The normalized spacial score (nSPS) is 13.8. The van der Waals surface area contributed by atoms with Gasteiger partial charge in [-0.05, 0) is 36.1 Å². The molecule has 0 bridgehead atoms. The first-order valence-electron chi connectivity index (χ1n) is 6.65. The quantitative estimate of drug-likeness (QED) is 0.887. The summed E-state index contributed by atoms with van der Waals surface area (Å²) in [5.74, 6) is 0.855. The third-order valence-corrected chi connectivity index (χ3v) is 3.64. The van der Waals surface area contributed by atoms with Crippen LogP contribution in [0, 0.1) is 0 Å². The zero-order valence-corrected chi connectivity index (χ0v) is 11.6. The Bertz CT molecular complexity index is 524. The molecular formula is C17H21NO. The number of methoxy groups -OCH3 is 1. The van der Waals surface area contributed by atoms with Gasteiger partial charge in [0.2, 0.25) is 0 Å². The predicted octanol–water partition coefficient (Wildman–Crippen LogP) is 3.50. The van der Waals surface area contributed by atoms with E-state index in [0.717, 1.165) is 24.2 Å². The van der Waals surface area contributed by atoms with Crippen LogP contribution in [0.4, 0.5) is 0 Å². The van der Waals surface area contributed by atoms with Crippen LogP contribution in [0.1, 0.15) is 24.5 Å². The summed E-state index contributed by atoms with van der Waals surface area (Å²) in [6, 6.07) is 18.4. The fourth-order valence-corrected chi connectivity index (χ4v) is 2.32. The third kappa shape index (κ3) is 3.15. The SMILES string of the molecule is CCC(N)(Cc1ccccc1)c1cccc(OC)c1. The van der Waals surface area contributed by atoms with E-state index in [4.69, 9.17) is 10.5 Å². The lowest BCUT2D eigenvalue weighted by molar-refractivity contribution is 0.401. The lowest BCUT2D eigenvalue weighted by Gasteiger charge is -2.29. The van der Waals surface area contributed by atoms with Crippen molar-refractivity contribution in [3.05, 3.63) is 65.7 Å². The van der Waals surface area contributed by atoms with Crippen LogP contribution in [0.25, 0.3) is 0 Å². The van der Waals surface area contributed by atoms with E-state index < -0.39 is 0 Å². The van der Waals surface area contributed by atoms with Gasteiger partial charge in [0.15, 0.2) is 0 Å². The van der Waals surface area contributed by atoms with Gasteiger partial charge < -0.3 is 10.5 Å². The molecule has 0 fully saturated rings. The van der Waals surface area contributed by atoms with E-state index in [2.05, 4.69) is 37.3 Å². The molecule has 0 aliphatic carbocycles. The summed E-state index contributed by atoms with van der Waals surface area (Å²) < 4.78 is 5.29. The van der Waals surface area contributed by atoms with E-state index in [1.165, 1.54) is 5.56 Å². The van der Waals surface area contributed by atoms with Crippen LogP contribution >= 0.6 is 0 Å². The number of hydrogen-bond donors (Lipinski definition) is 1. The summed E-state index contributed by atoms with van der Waals surface area (Å²) in [6.07, 6.45) is 1.71. The van der Waals surface area contributed by atoms with Crippen LogP contribution in [0.5, 0.6) is 5.75 Å². The van der Waals surface area contributed by atoms with Crippen molar-refractivity contribution in [3.8, 4) is 5.75 Å². The second kappa shape index (κ2) is 5.89. The molecule has 0 amide bonds. The van der Waals surface area contributed by atoms with Crippen molar-refractivity contribution >= 4 is 0 Å². The van der Waals surface area contributed by atoms with Gasteiger partial charge in [0.25, 0.3) is 0 Å². The van der Waals surface area contributed by atoms with Crippen LogP contribution in [-0.4, -0.2) is 7.11 Å². The van der Waals surface area contributed by atoms with Crippen molar-refractivity contribution in [2.24, 2.45) is 5.73 Å². The van der Waals surface area contributed by atoms with Gasteiger partial charge in [0, 0.05) is 5.54 Å². The summed E-state index contributed by atoms with van der Waals surface area (Å²) in [5, 5.41) is 0. The maximum atomic E-state index is 6.62. The molecule has 100 valence electrons. The van der Waals surface area contributed by atoms with Crippen LogP contribution in [0.2, 0.25) is 0 Å².